The Hall–Kier alpha value is -6.13. The predicted octanol–water partition coefficient (Wildman–Crippen LogP) is 8.96. The molecule has 0 fully saturated rings. The summed E-state index contributed by atoms with van der Waals surface area (Å²) in [6.45, 7) is 1.97. The van der Waals surface area contributed by atoms with E-state index >= 15 is 0 Å². The molecule has 9 nitrogen and oxygen atoms in total. The number of esters is 1. The van der Waals surface area contributed by atoms with Crippen LogP contribution in [-0.4, -0.2) is 37.0 Å². The molecule has 0 atom stereocenters. The second kappa shape index (κ2) is 16.3. The van der Waals surface area contributed by atoms with Crippen LogP contribution in [0.3, 0.4) is 0 Å². The Balaban J connectivity index is 1.19. The summed E-state index contributed by atoms with van der Waals surface area (Å²) in [5.74, 6) is -0.352. The van der Waals surface area contributed by atoms with E-state index in [1.807, 2.05) is 97.9 Å². The van der Waals surface area contributed by atoms with Crippen molar-refractivity contribution in [1.82, 2.24) is 4.98 Å². The molecule has 262 valence electrons. The Morgan fingerprint density at radius 1 is 0.808 bits per heavy atom. The van der Waals surface area contributed by atoms with Crippen LogP contribution >= 0.6 is 11.8 Å². The van der Waals surface area contributed by atoms with Gasteiger partial charge in [0, 0.05) is 50.8 Å². The monoisotopic (exact) mass is 710 g/mol. The number of fused-ring (bicyclic) bond motifs is 1. The lowest BCUT2D eigenvalue weighted by Gasteiger charge is -2.16. The average molecular weight is 711 g/mol. The van der Waals surface area contributed by atoms with Gasteiger partial charge in [-0.1, -0.05) is 60.3 Å². The highest BCUT2D eigenvalue weighted by Crippen LogP contribution is 2.37. The fourth-order valence-corrected chi connectivity index (χ4v) is 6.91. The van der Waals surface area contributed by atoms with Crippen molar-refractivity contribution < 1.29 is 23.9 Å². The number of nitrogens with zero attached hydrogens (tertiary/aromatic N) is 1. The molecule has 0 spiro atoms. The van der Waals surface area contributed by atoms with Crippen LogP contribution in [0.2, 0.25) is 0 Å². The molecular formula is C42H38N4O5S. The molecular weight excluding hydrogens is 673 g/mol. The van der Waals surface area contributed by atoms with Gasteiger partial charge in [0.2, 0.25) is 0 Å². The molecule has 0 bridgehead atoms. The zero-order valence-corrected chi connectivity index (χ0v) is 29.9. The van der Waals surface area contributed by atoms with E-state index in [1.54, 1.807) is 13.2 Å². The second-order valence-corrected chi connectivity index (χ2v) is 13.3. The number of nitrogens with two attached hydrogens (primary N) is 1. The van der Waals surface area contributed by atoms with Gasteiger partial charge in [0.1, 0.15) is 5.75 Å². The molecule has 10 heteroatoms. The fraction of sp³-hybridized carbons (Fsp3) is 0.143. The summed E-state index contributed by atoms with van der Waals surface area (Å²) in [4.78, 5) is 43.7. The van der Waals surface area contributed by atoms with Crippen LogP contribution in [0.5, 0.6) is 5.75 Å². The molecule has 0 aliphatic rings. The number of amides is 2. The summed E-state index contributed by atoms with van der Waals surface area (Å²) in [5.41, 5.74) is 13.3. The molecule has 0 saturated heterocycles. The van der Waals surface area contributed by atoms with Gasteiger partial charge in [-0.15, -0.1) is 0 Å². The number of pyridine rings is 1. The zero-order valence-electron chi connectivity index (χ0n) is 29.1. The number of aromatic nitrogens is 1. The predicted molar refractivity (Wildman–Crippen MR) is 207 cm³/mol. The van der Waals surface area contributed by atoms with Crippen molar-refractivity contribution in [3.63, 3.8) is 0 Å². The van der Waals surface area contributed by atoms with Crippen LogP contribution in [0.4, 0.5) is 17.1 Å². The summed E-state index contributed by atoms with van der Waals surface area (Å²) in [6, 6.07) is 34.8. The quantitative estimate of drug-likeness (QED) is 0.101. The van der Waals surface area contributed by atoms with E-state index in [9.17, 15) is 14.4 Å². The lowest BCUT2D eigenvalue weighted by molar-refractivity contribution is -0.140. The minimum absolute atomic E-state index is 0.201. The third-order valence-corrected chi connectivity index (χ3v) is 9.51. The molecule has 5 aromatic carbocycles. The molecule has 0 aliphatic carbocycles. The SMILES string of the molecule is COC(=O)CCCc1ccc(-c2cccc(NC(=O)c3cccc(Sc4cc(C)c5ncc(C(N)=O)c(Nc6cccc(OC)c6)c5c4)c3)c2)cc1. The summed E-state index contributed by atoms with van der Waals surface area (Å²) in [6.07, 6.45) is 3.41. The van der Waals surface area contributed by atoms with E-state index in [0.29, 0.717) is 29.1 Å². The van der Waals surface area contributed by atoms with Gasteiger partial charge in [0.25, 0.3) is 11.8 Å². The molecule has 0 saturated carbocycles. The first-order valence-corrected chi connectivity index (χ1v) is 17.5. The van der Waals surface area contributed by atoms with E-state index < -0.39 is 5.91 Å². The van der Waals surface area contributed by atoms with E-state index in [1.165, 1.54) is 25.1 Å². The zero-order chi connectivity index (χ0) is 36.6. The van der Waals surface area contributed by atoms with Gasteiger partial charge in [-0.25, -0.2) is 0 Å². The highest BCUT2D eigenvalue weighted by atomic mass is 32.2. The molecule has 6 aromatic rings. The maximum absolute atomic E-state index is 13.5. The van der Waals surface area contributed by atoms with Crippen LogP contribution < -0.4 is 21.1 Å². The first kappa shape index (κ1) is 35.7. The number of carbonyl (C=O) groups excluding carboxylic acids is 3. The van der Waals surface area contributed by atoms with Crippen LogP contribution in [0.1, 0.15) is 44.7 Å². The van der Waals surface area contributed by atoms with E-state index in [2.05, 4.69) is 27.8 Å². The van der Waals surface area contributed by atoms with Crippen LogP contribution in [0.25, 0.3) is 22.0 Å². The Morgan fingerprint density at radius 2 is 1.58 bits per heavy atom. The third-order valence-electron chi connectivity index (χ3n) is 8.55. The van der Waals surface area contributed by atoms with Crippen molar-refractivity contribution >= 4 is 57.5 Å². The van der Waals surface area contributed by atoms with Gasteiger partial charge >= 0.3 is 5.97 Å². The molecule has 0 radical (unpaired) electrons. The number of hydrogen-bond donors (Lipinski definition) is 3. The van der Waals surface area contributed by atoms with Crippen LogP contribution in [0, 0.1) is 6.92 Å². The molecule has 2 amide bonds. The van der Waals surface area contributed by atoms with Gasteiger partial charge in [0.05, 0.1) is 31.0 Å². The maximum atomic E-state index is 13.5. The average Bonchev–Trinajstić information content (AvgIpc) is 3.15. The number of rotatable bonds is 13. The normalized spacial score (nSPS) is 10.8. The van der Waals surface area contributed by atoms with Crippen molar-refractivity contribution in [3.05, 3.63) is 138 Å². The minimum atomic E-state index is -0.596. The van der Waals surface area contributed by atoms with Crippen molar-refractivity contribution in [2.75, 3.05) is 24.9 Å². The molecule has 1 heterocycles. The highest BCUT2D eigenvalue weighted by Gasteiger charge is 2.17. The van der Waals surface area contributed by atoms with E-state index in [4.69, 9.17) is 15.2 Å². The molecule has 52 heavy (non-hydrogen) atoms. The Kier molecular flexibility index (Phi) is 11.2. The topological polar surface area (TPSA) is 133 Å². The largest absolute Gasteiger partial charge is 0.497 e. The number of aryl methyl sites for hydroxylation is 2. The molecule has 0 aliphatic heterocycles. The van der Waals surface area contributed by atoms with Gasteiger partial charge < -0.3 is 25.8 Å². The van der Waals surface area contributed by atoms with Crippen molar-refractivity contribution in [2.24, 2.45) is 5.73 Å². The number of anilines is 3. The molecule has 6 rings (SSSR count). The molecule has 0 unspecified atom stereocenters. The lowest BCUT2D eigenvalue weighted by Crippen LogP contribution is -2.14. The van der Waals surface area contributed by atoms with Crippen molar-refractivity contribution in [2.45, 2.75) is 36.0 Å². The summed E-state index contributed by atoms with van der Waals surface area (Å²) in [5, 5.41) is 7.15. The van der Waals surface area contributed by atoms with E-state index in [-0.39, 0.29) is 17.4 Å². The number of carbonyl (C=O) groups is 3. The first-order valence-electron chi connectivity index (χ1n) is 16.7. The third kappa shape index (κ3) is 8.59. The Bertz CT molecular complexity index is 2270. The number of nitrogens with one attached hydrogen (secondary N) is 2. The number of primary amides is 1. The summed E-state index contributed by atoms with van der Waals surface area (Å²) < 4.78 is 10.1. The fourth-order valence-electron chi connectivity index (χ4n) is 5.89. The summed E-state index contributed by atoms with van der Waals surface area (Å²) >= 11 is 1.50. The van der Waals surface area contributed by atoms with Gasteiger partial charge in [-0.2, -0.15) is 0 Å². The number of ether oxygens (including phenoxy) is 2. The van der Waals surface area contributed by atoms with Crippen molar-refractivity contribution in [1.29, 1.82) is 0 Å². The standard InChI is InChI=1S/C42H38N4O5S/c1-26-20-35(24-36-39(26)44-25-37(41(43)48)40(36)45-32-12-7-13-33(23-32)50-2)52-34-14-6-10-30(22-34)42(49)46-31-11-5-9-29(21-31)28-18-16-27(17-19-28)8-4-15-38(47)51-3/h5-7,9-14,16-25H,4,8,15H2,1-3H3,(H2,43,48)(H,44,45)(H,46,49). The molecule has 4 N–H and O–H groups in total. The van der Waals surface area contributed by atoms with Crippen molar-refractivity contribution in [3.8, 4) is 16.9 Å². The first-order chi connectivity index (χ1) is 25.2. The molecule has 1 aromatic heterocycles. The van der Waals surface area contributed by atoms with Crippen LogP contribution in [-0.2, 0) is 16.0 Å². The van der Waals surface area contributed by atoms with E-state index in [0.717, 1.165) is 61.5 Å². The summed E-state index contributed by atoms with van der Waals surface area (Å²) in [7, 11) is 3.00. The number of benzene rings is 5. The smallest absolute Gasteiger partial charge is 0.305 e. The van der Waals surface area contributed by atoms with Crippen LogP contribution in [0.15, 0.2) is 125 Å². The highest BCUT2D eigenvalue weighted by molar-refractivity contribution is 7.99. The maximum Gasteiger partial charge on any atom is 0.305 e. The lowest BCUT2D eigenvalue weighted by atomic mass is 10.0. The minimum Gasteiger partial charge on any atom is -0.497 e. The van der Waals surface area contributed by atoms with Gasteiger partial charge in [-0.05, 0) is 96.6 Å². The number of hydrogen-bond acceptors (Lipinski definition) is 8. The number of methoxy groups -OCH3 is 2. The van der Waals surface area contributed by atoms with Gasteiger partial charge in [-0.3, -0.25) is 19.4 Å². The van der Waals surface area contributed by atoms with Gasteiger partial charge in [0.15, 0.2) is 0 Å². The Labute approximate surface area is 306 Å². The Morgan fingerprint density at radius 3 is 2.35 bits per heavy atom. The second-order valence-electron chi connectivity index (χ2n) is 12.2.